The number of para-hydroxylation sites is 1. The Balaban J connectivity index is 1.34. The summed E-state index contributed by atoms with van der Waals surface area (Å²) in [6.07, 6.45) is 0. The topological polar surface area (TPSA) is 128 Å². The highest BCUT2D eigenvalue weighted by atomic mass is 79.9. The van der Waals surface area contributed by atoms with E-state index in [1.54, 1.807) is 24.3 Å². The van der Waals surface area contributed by atoms with Gasteiger partial charge in [-0.1, -0.05) is 34.1 Å². The van der Waals surface area contributed by atoms with Crippen LogP contribution in [0.1, 0.15) is 5.56 Å². The Morgan fingerprint density at radius 2 is 1.88 bits per heavy atom. The molecule has 10 nitrogen and oxygen atoms in total. The fourth-order valence-corrected chi connectivity index (χ4v) is 5.32. The van der Waals surface area contributed by atoms with Crippen LogP contribution < -0.4 is 10.1 Å². The van der Waals surface area contributed by atoms with Crippen LogP contribution in [-0.4, -0.2) is 51.4 Å². The molecule has 0 aliphatic carbocycles. The summed E-state index contributed by atoms with van der Waals surface area (Å²) in [7, 11) is 0. The molecule has 0 bridgehead atoms. The van der Waals surface area contributed by atoms with Crippen molar-refractivity contribution < 1.29 is 28.8 Å². The highest BCUT2D eigenvalue weighted by Crippen LogP contribution is 2.42. The predicted molar refractivity (Wildman–Crippen MR) is 126 cm³/mol. The second kappa shape index (κ2) is 10.3. The van der Waals surface area contributed by atoms with Crippen LogP contribution in [0.4, 0.5) is 5.69 Å². The average molecular weight is 548 g/mol. The number of esters is 1. The Bertz CT molecular complexity index is 1160. The van der Waals surface area contributed by atoms with E-state index in [-0.39, 0.29) is 24.6 Å². The minimum Gasteiger partial charge on any atom is -0.484 e. The zero-order valence-electron chi connectivity index (χ0n) is 17.5. The first-order valence-electron chi connectivity index (χ1n) is 10.1. The van der Waals surface area contributed by atoms with Crippen molar-refractivity contribution in [1.82, 2.24) is 10.2 Å². The van der Waals surface area contributed by atoms with Crippen LogP contribution in [0.25, 0.3) is 0 Å². The summed E-state index contributed by atoms with van der Waals surface area (Å²) in [6.45, 7) is -0.355. The highest BCUT2D eigenvalue weighted by Gasteiger charge is 2.54. The summed E-state index contributed by atoms with van der Waals surface area (Å²) in [4.78, 5) is 49.3. The summed E-state index contributed by atoms with van der Waals surface area (Å²) in [6, 6.07) is 13.7. The molecular formula is C22H18BrN3O7S. The Kier molecular flexibility index (Phi) is 7.17. The number of thioether (sulfide) groups is 1. The zero-order chi connectivity index (χ0) is 24.2. The van der Waals surface area contributed by atoms with Crippen LogP contribution in [0.15, 0.2) is 64.8 Å². The third-order valence-corrected chi connectivity index (χ3v) is 7.37. The van der Waals surface area contributed by atoms with Crippen molar-refractivity contribution in [3.63, 3.8) is 0 Å². The van der Waals surface area contributed by atoms with Gasteiger partial charge >= 0.3 is 5.97 Å². The lowest BCUT2D eigenvalue weighted by atomic mass is 10.1. The molecule has 0 radical (unpaired) electrons. The monoisotopic (exact) mass is 547 g/mol. The molecule has 2 amide bonds. The van der Waals surface area contributed by atoms with Gasteiger partial charge in [-0.2, -0.15) is 0 Å². The molecule has 34 heavy (non-hydrogen) atoms. The van der Waals surface area contributed by atoms with Crippen LogP contribution in [0.2, 0.25) is 0 Å². The second-order valence-corrected chi connectivity index (χ2v) is 9.37. The maximum absolute atomic E-state index is 12.8. The molecule has 0 aromatic heterocycles. The summed E-state index contributed by atoms with van der Waals surface area (Å²) in [5.74, 6) is -0.622. The number of benzene rings is 2. The van der Waals surface area contributed by atoms with Crippen LogP contribution in [0.3, 0.4) is 0 Å². The molecule has 2 heterocycles. The van der Waals surface area contributed by atoms with Gasteiger partial charge in [-0.05, 0) is 29.8 Å². The van der Waals surface area contributed by atoms with Crippen molar-refractivity contribution in [1.29, 1.82) is 0 Å². The molecular weight excluding hydrogens is 530 g/mol. The number of fused-ring (bicyclic) bond motifs is 1. The molecule has 1 N–H and O–H groups in total. The molecule has 176 valence electrons. The van der Waals surface area contributed by atoms with Gasteiger partial charge in [-0.3, -0.25) is 24.6 Å². The van der Waals surface area contributed by atoms with Crippen molar-refractivity contribution >= 4 is 51.2 Å². The number of hydrogen-bond donors (Lipinski definition) is 1. The Hall–Kier alpha value is -3.38. The third kappa shape index (κ3) is 5.07. The Morgan fingerprint density at radius 3 is 2.56 bits per heavy atom. The van der Waals surface area contributed by atoms with Crippen molar-refractivity contribution in [2.24, 2.45) is 0 Å². The first kappa shape index (κ1) is 23.8. The molecule has 2 aromatic rings. The molecule has 1 fully saturated rings. The fraction of sp³-hybridized carbons (Fsp3) is 0.227. The smallest absolute Gasteiger partial charge is 0.356 e. The van der Waals surface area contributed by atoms with Gasteiger partial charge in [-0.15, -0.1) is 11.8 Å². The van der Waals surface area contributed by atoms with E-state index in [1.165, 1.54) is 40.9 Å². The van der Waals surface area contributed by atoms with Crippen LogP contribution in [-0.2, 0) is 25.7 Å². The molecule has 4 rings (SSSR count). The van der Waals surface area contributed by atoms with Gasteiger partial charge in [0.05, 0.1) is 4.92 Å². The first-order valence-corrected chi connectivity index (χ1v) is 11.9. The number of nitro benzene ring substituents is 1. The van der Waals surface area contributed by atoms with Gasteiger partial charge in [0.2, 0.25) is 0 Å². The number of carbonyl (C=O) groups excluding carboxylic acids is 3. The number of rotatable bonds is 8. The zero-order valence-corrected chi connectivity index (χ0v) is 19.9. The van der Waals surface area contributed by atoms with E-state index < -0.39 is 34.1 Å². The maximum Gasteiger partial charge on any atom is 0.356 e. The number of amides is 2. The van der Waals surface area contributed by atoms with E-state index in [0.717, 1.165) is 0 Å². The van der Waals surface area contributed by atoms with E-state index in [4.69, 9.17) is 9.47 Å². The summed E-state index contributed by atoms with van der Waals surface area (Å²) < 4.78 is 11.3. The quantitative estimate of drug-likeness (QED) is 0.231. The number of carbonyl (C=O) groups is 3. The van der Waals surface area contributed by atoms with Crippen LogP contribution in [0, 0.1) is 10.1 Å². The third-order valence-electron chi connectivity index (χ3n) is 5.06. The molecule has 2 aromatic carbocycles. The van der Waals surface area contributed by atoms with Gasteiger partial charge in [-0.25, -0.2) is 4.79 Å². The van der Waals surface area contributed by atoms with E-state index in [0.29, 0.717) is 21.5 Å². The first-order chi connectivity index (χ1) is 16.3. The minimum atomic E-state index is -0.782. The summed E-state index contributed by atoms with van der Waals surface area (Å²) in [5, 5.41) is 13.0. The largest absolute Gasteiger partial charge is 0.484 e. The Labute approximate surface area is 206 Å². The number of β-lactam (4-membered cyclic amide) rings is 1. The highest BCUT2D eigenvalue weighted by molar-refractivity contribution is 9.11. The lowest BCUT2D eigenvalue weighted by Gasteiger charge is -2.49. The number of nitro groups is 1. The normalized spacial score (nSPS) is 19.1. The standard InChI is InChI=1S/C22H18BrN3O7S/c23-16-12-34-21-18(24-17(27)11-32-15-4-2-1-3-5-15)20(28)25(21)19(16)22(29)33-10-13-6-8-14(9-7-13)26(30)31/h1-9,18,21H,10-12H2,(H,24,27)/t18-,21-/m1/s1. The SMILES string of the molecule is O=C(COc1ccccc1)N[C@@H]1C(=O)N2C(C(=O)OCc3ccc([N+](=O)[O-])cc3)=C(Br)CS[C@H]12. The molecule has 12 heteroatoms. The minimum absolute atomic E-state index is 0.0684. The lowest BCUT2D eigenvalue weighted by molar-refractivity contribution is -0.384. The van der Waals surface area contributed by atoms with E-state index in [1.807, 2.05) is 6.07 Å². The van der Waals surface area contributed by atoms with Gasteiger partial charge in [0, 0.05) is 22.4 Å². The maximum atomic E-state index is 12.8. The van der Waals surface area contributed by atoms with Gasteiger partial charge in [0.1, 0.15) is 29.5 Å². The summed E-state index contributed by atoms with van der Waals surface area (Å²) >= 11 is 4.74. The van der Waals surface area contributed by atoms with E-state index in [9.17, 15) is 24.5 Å². The average Bonchev–Trinajstić information content (AvgIpc) is 2.85. The van der Waals surface area contributed by atoms with E-state index in [2.05, 4.69) is 21.2 Å². The molecule has 0 saturated carbocycles. The number of halogens is 1. The van der Waals surface area contributed by atoms with Crippen molar-refractivity contribution in [3.05, 3.63) is 80.5 Å². The lowest BCUT2D eigenvalue weighted by Crippen LogP contribution is -2.70. The molecule has 2 aliphatic heterocycles. The van der Waals surface area contributed by atoms with Gasteiger partial charge in [0.15, 0.2) is 6.61 Å². The van der Waals surface area contributed by atoms with E-state index >= 15 is 0 Å². The number of ether oxygens (including phenoxy) is 2. The van der Waals surface area contributed by atoms with Gasteiger partial charge < -0.3 is 14.8 Å². The molecule has 0 spiro atoms. The van der Waals surface area contributed by atoms with Crippen LogP contribution >= 0.6 is 27.7 Å². The molecule has 2 aliphatic rings. The molecule has 0 unspecified atom stereocenters. The number of nitrogens with zero attached hydrogens (tertiary/aromatic N) is 2. The number of non-ortho nitro benzene ring substituents is 1. The Morgan fingerprint density at radius 1 is 1.18 bits per heavy atom. The van der Waals surface area contributed by atoms with Crippen molar-refractivity contribution in [3.8, 4) is 5.75 Å². The predicted octanol–water partition coefficient (Wildman–Crippen LogP) is 2.72. The second-order valence-electron chi connectivity index (χ2n) is 7.31. The van der Waals surface area contributed by atoms with Crippen molar-refractivity contribution in [2.75, 3.05) is 12.4 Å². The van der Waals surface area contributed by atoms with Crippen molar-refractivity contribution in [2.45, 2.75) is 18.0 Å². The number of nitrogens with one attached hydrogen (secondary N) is 1. The number of hydrogen-bond acceptors (Lipinski definition) is 8. The van der Waals surface area contributed by atoms with Gasteiger partial charge in [0.25, 0.3) is 17.5 Å². The molecule has 2 atom stereocenters. The molecule has 1 saturated heterocycles. The summed E-state index contributed by atoms with van der Waals surface area (Å²) in [5.41, 5.74) is 0.582. The van der Waals surface area contributed by atoms with Crippen LogP contribution in [0.5, 0.6) is 5.75 Å². The fourth-order valence-electron chi connectivity index (χ4n) is 3.38.